The number of hydrogen-bond donors (Lipinski definition) is 2. The Hall–Kier alpha value is -3.21. The molecule has 0 radical (unpaired) electrons. The lowest BCUT2D eigenvalue weighted by molar-refractivity contribution is 0.0666. The van der Waals surface area contributed by atoms with Crippen LogP contribution >= 0.6 is 0 Å². The molecule has 30 heavy (non-hydrogen) atoms. The lowest BCUT2D eigenvalue weighted by Crippen LogP contribution is -2.45. The molecule has 2 heterocycles. The van der Waals surface area contributed by atoms with E-state index in [9.17, 15) is 4.79 Å². The third-order valence-electron chi connectivity index (χ3n) is 5.15. The van der Waals surface area contributed by atoms with Gasteiger partial charge in [0.25, 0.3) is 0 Å². The van der Waals surface area contributed by atoms with E-state index in [1.165, 1.54) is 0 Å². The SMILES string of the molecule is COc1cc(NC(=O)N[C@H]2CO[C@@H]3[C@@H]2OC[C@H]3C#Cc2ccccc2)cc(OC)c1. The zero-order chi connectivity index (χ0) is 20.9. The molecule has 0 aliphatic carbocycles. The standard InChI is InChI=1S/C23H24N2O5/c1-27-18-10-17(11-19(12-18)28-2)24-23(26)25-20-14-30-21-16(13-29-22(20)21)9-8-15-6-4-3-5-7-15/h3-7,10-12,16,20-22H,13-14H2,1-2H3,(H2,24,25,26)/t16-,20+,21+,22-/m1/s1. The Labute approximate surface area is 175 Å². The van der Waals surface area contributed by atoms with Crippen molar-refractivity contribution in [3.63, 3.8) is 0 Å². The largest absolute Gasteiger partial charge is 0.497 e. The van der Waals surface area contributed by atoms with Gasteiger partial charge >= 0.3 is 6.03 Å². The van der Waals surface area contributed by atoms with Crippen molar-refractivity contribution in [3.05, 3.63) is 54.1 Å². The normalized spacial score (nSPS) is 24.3. The van der Waals surface area contributed by atoms with Crippen molar-refractivity contribution in [2.24, 2.45) is 5.92 Å². The molecule has 4 atom stereocenters. The minimum absolute atomic E-state index is 0.0206. The van der Waals surface area contributed by atoms with Gasteiger partial charge in [-0.2, -0.15) is 0 Å². The number of rotatable bonds is 4. The second-order valence-corrected chi connectivity index (χ2v) is 7.14. The highest BCUT2D eigenvalue weighted by atomic mass is 16.6. The van der Waals surface area contributed by atoms with E-state index in [0.717, 1.165) is 5.56 Å². The van der Waals surface area contributed by atoms with E-state index in [1.807, 2.05) is 30.3 Å². The first kappa shape index (κ1) is 20.1. The van der Waals surface area contributed by atoms with Gasteiger partial charge in [-0.25, -0.2) is 4.79 Å². The van der Waals surface area contributed by atoms with Gasteiger partial charge in [-0.3, -0.25) is 0 Å². The number of anilines is 1. The summed E-state index contributed by atoms with van der Waals surface area (Å²) in [5.74, 6) is 7.59. The summed E-state index contributed by atoms with van der Waals surface area (Å²) in [6.07, 6.45) is -0.367. The summed E-state index contributed by atoms with van der Waals surface area (Å²) in [5, 5.41) is 5.75. The van der Waals surface area contributed by atoms with E-state index >= 15 is 0 Å². The number of ether oxygens (including phenoxy) is 4. The molecule has 4 rings (SSSR count). The summed E-state index contributed by atoms with van der Waals surface area (Å²) < 4.78 is 22.3. The van der Waals surface area contributed by atoms with Gasteiger partial charge in [-0.05, 0) is 12.1 Å². The van der Waals surface area contributed by atoms with Crippen LogP contribution in [0, 0.1) is 17.8 Å². The van der Waals surface area contributed by atoms with Gasteiger partial charge in [0.05, 0.1) is 39.4 Å². The number of methoxy groups -OCH3 is 2. The van der Waals surface area contributed by atoms with E-state index in [1.54, 1.807) is 32.4 Å². The highest BCUT2D eigenvalue weighted by Gasteiger charge is 2.47. The number of nitrogens with one attached hydrogen (secondary N) is 2. The Balaban J connectivity index is 1.36. The van der Waals surface area contributed by atoms with E-state index in [2.05, 4.69) is 22.5 Å². The average Bonchev–Trinajstić information content (AvgIpc) is 3.35. The van der Waals surface area contributed by atoms with Crippen LogP contribution in [0.2, 0.25) is 0 Å². The molecular weight excluding hydrogens is 384 g/mol. The van der Waals surface area contributed by atoms with Gasteiger partial charge in [0, 0.05) is 29.4 Å². The van der Waals surface area contributed by atoms with Crippen molar-refractivity contribution in [2.45, 2.75) is 18.2 Å². The Bertz CT molecular complexity index is 931. The number of carbonyl (C=O) groups is 1. The first-order valence-electron chi connectivity index (χ1n) is 9.76. The molecule has 2 saturated heterocycles. The van der Waals surface area contributed by atoms with Crippen LogP contribution in [0.3, 0.4) is 0 Å². The zero-order valence-electron chi connectivity index (χ0n) is 16.9. The van der Waals surface area contributed by atoms with Gasteiger partial charge < -0.3 is 29.6 Å². The molecule has 0 unspecified atom stereocenters. The molecule has 2 fully saturated rings. The minimum Gasteiger partial charge on any atom is -0.497 e. The van der Waals surface area contributed by atoms with Gasteiger partial charge in [-0.15, -0.1) is 0 Å². The minimum atomic E-state index is -0.345. The molecule has 2 aromatic carbocycles. The molecule has 156 valence electrons. The van der Waals surface area contributed by atoms with Crippen molar-refractivity contribution < 1.29 is 23.7 Å². The van der Waals surface area contributed by atoms with E-state index < -0.39 is 0 Å². The molecule has 0 spiro atoms. The van der Waals surface area contributed by atoms with Crippen molar-refractivity contribution in [3.8, 4) is 23.3 Å². The van der Waals surface area contributed by atoms with Crippen LogP contribution in [-0.2, 0) is 9.47 Å². The topological polar surface area (TPSA) is 78.1 Å². The number of amides is 2. The maximum Gasteiger partial charge on any atom is 0.319 e. The van der Waals surface area contributed by atoms with Crippen LogP contribution in [0.4, 0.5) is 10.5 Å². The summed E-state index contributed by atoms with van der Waals surface area (Å²) in [5.41, 5.74) is 1.53. The van der Waals surface area contributed by atoms with Gasteiger partial charge in [0.2, 0.25) is 0 Å². The summed E-state index contributed by atoms with van der Waals surface area (Å²) >= 11 is 0. The molecule has 0 bridgehead atoms. The fourth-order valence-corrected chi connectivity index (χ4v) is 3.66. The Kier molecular flexibility index (Phi) is 6.07. The molecular formula is C23H24N2O5. The predicted molar refractivity (Wildman–Crippen MR) is 112 cm³/mol. The maximum atomic E-state index is 12.5. The third-order valence-corrected chi connectivity index (χ3v) is 5.15. The zero-order valence-corrected chi connectivity index (χ0v) is 16.9. The molecule has 0 aromatic heterocycles. The smallest absolute Gasteiger partial charge is 0.319 e. The van der Waals surface area contributed by atoms with E-state index in [0.29, 0.717) is 30.4 Å². The number of urea groups is 1. The fraction of sp³-hybridized carbons (Fsp3) is 0.348. The maximum absolute atomic E-state index is 12.5. The Morgan fingerprint density at radius 1 is 1.00 bits per heavy atom. The number of fused-ring (bicyclic) bond motifs is 1. The van der Waals surface area contributed by atoms with Crippen LogP contribution in [-0.4, -0.2) is 51.7 Å². The lowest BCUT2D eigenvalue weighted by Gasteiger charge is -2.18. The first-order chi connectivity index (χ1) is 14.7. The quantitative estimate of drug-likeness (QED) is 0.761. The third kappa shape index (κ3) is 4.51. The lowest BCUT2D eigenvalue weighted by atomic mass is 10.0. The van der Waals surface area contributed by atoms with Crippen LogP contribution in [0.25, 0.3) is 0 Å². The van der Waals surface area contributed by atoms with Crippen LogP contribution in [0.1, 0.15) is 5.56 Å². The predicted octanol–water partition coefficient (Wildman–Crippen LogP) is 2.66. The molecule has 0 saturated carbocycles. The van der Waals surface area contributed by atoms with Crippen LogP contribution < -0.4 is 20.1 Å². The highest BCUT2D eigenvalue weighted by Crippen LogP contribution is 2.31. The second kappa shape index (κ2) is 9.08. The van der Waals surface area contributed by atoms with Gasteiger partial charge in [0.1, 0.15) is 23.7 Å². The molecule has 2 N–H and O–H groups in total. The molecule has 2 aromatic rings. The summed E-state index contributed by atoms with van der Waals surface area (Å²) in [6.45, 7) is 0.871. The Morgan fingerprint density at radius 3 is 2.40 bits per heavy atom. The summed E-state index contributed by atoms with van der Waals surface area (Å²) in [6, 6.07) is 14.4. The van der Waals surface area contributed by atoms with E-state index in [-0.39, 0.29) is 30.2 Å². The monoisotopic (exact) mass is 408 g/mol. The average molecular weight is 408 g/mol. The van der Waals surface area contributed by atoms with Crippen molar-refractivity contribution >= 4 is 11.7 Å². The van der Waals surface area contributed by atoms with Crippen molar-refractivity contribution in [2.75, 3.05) is 32.8 Å². The van der Waals surface area contributed by atoms with Crippen LogP contribution in [0.15, 0.2) is 48.5 Å². The molecule has 7 heteroatoms. The van der Waals surface area contributed by atoms with Gasteiger partial charge in [-0.1, -0.05) is 30.0 Å². The van der Waals surface area contributed by atoms with Crippen molar-refractivity contribution in [1.29, 1.82) is 0 Å². The number of benzene rings is 2. The highest BCUT2D eigenvalue weighted by molar-refractivity contribution is 5.90. The van der Waals surface area contributed by atoms with Gasteiger partial charge in [0.15, 0.2) is 0 Å². The molecule has 2 aliphatic heterocycles. The van der Waals surface area contributed by atoms with Crippen molar-refractivity contribution in [1.82, 2.24) is 5.32 Å². The van der Waals surface area contributed by atoms with E-state index in [4.69, 9.17) is 18.9 Å². The molecule has 7 nitrogen and oxygen atoms in total. The first-order valence-corrected chi connectivity index (χ1v) is 9.76. The number of hydrogen-bond acceptors (Lipinski definition) is 5. The molecule has 2 aliphatic rings. The summed E-state index contributed by atoms with van der Waals surface area (Å²) in [7, 11) is 3.12. The van der Waals surface area contributed by atoms with Crippen LogP contribution in [0.5, 0.6) is 11.5 Å². The summed E-state index contributed by atoms with van der Waals surface area (Å²) in [4.78, 5) is 12.5. The number of carbonyl (C=O) groups excluding carboxylic acids is 1. The second-order valence-electron chi connectivity index (χ2n) is 7.14. The Morgan fingerprint density at radius 2 is 1.70 bits per heavy atom. The fourth-order valence-electron chi connectivity index (χ4n) is 3.66. The molecule has 2 amide bonds.